The minimum absolute atomic E-state index is 0.0781. The number of amides is 1. The van der Waals surface area contributed by atoms with Gasteiger partial charge in [0.2, 0.25) is 5.91 Å². The van der Waals surface area contributed by atoms with Crippen molar-refractivity contribution in [3.05, 3.63) is 83.8 Å². The Labute approximate surface area is 213 Å². The number of carbonyl (C=O) groups excluding carboxylic acids is 1. The number of hydrogen-bond donors (Lipinski definition) is 1. The Balaban J connectivity index is 1.66. The molecule has 1 saturated carbocycles. The van der Waals surface area contributed by atoms with E-state index in [1.165, 1.54) is 24.3 Å². The fraction of sp³-hybridized carbons (Fsp3) is 0.357. The maximum atomic E-state index is 13.2. The number of nitrogens with one attached hydrogen (secondary N) is 1. The molecule has 3 nitrogen and oxygen atoms in total. The highest BCUT2D eigenvalue weighted by atomic mass is 32.2. The van der Waals surface area contributed by atoms with E-state index in [9.17, 15) is 22.4 Å². The van der Waals surface area contributed by atoms with Crippen LogP contribution >= 0.6 is 11.8 Å². The van der Waals surface area contributed by atoms with Gasteiger partial charge in [-0.15, -0.1) is 11.8 Å². The SMILES string of the molecule is C=C(/C=C(/CNC(=O)C1CCC1Sc1ccc(F)cc1)N=CC(C)CC)c1ccc(C(F)(F)F)cc1. The van der Waals surface area contributed by atoms with E-state index in [4.69, 9.17) is 0 Å². The molecule has 3 unspecified atom stereocenters. The van der Waals surface area contributed by atoms with Gasteiger partial charge in [0.15, 0.2) is 0 Å². The number of benzene rings is 2. The topological polar surface area (TPSA) is 41.5 Å². The Morgan fingerprint density at radius 3 is 2.39 bits per heavy atom. The first-order valence-corrected chi connectivity index (χ1v) is 12.8. The lowest BCUT2D eigenvalue weighted by Gasteiger charge is -2.34. The molecular weight excluding hydrogens is 488 g/mol. The summed E-state index contributed by atoms with van der Waals surface area (Å²) < 4.78 is 51.8. The molecule has 3 atom stereocenters. The van der Waals surface area contributed by atoms with E-state index in [1.807, 2.05) is 13.8 Å². The highest BCUT2D eigenvalue weighted by Crippen LogP contribution is 2.41. The van der Waals surface area contributed by atoms with Gasteiger partial charge in [0, 0.05) is 16.4 Å². The molecule has 1 N–H and O–H groups in total. The van der Waals surface area contributed by atoms with E-state index in [2.05, 4.69) is 16.9 Å². The minimum atomic E-state index is -4.40. The number of carbonyl (C=O) groups is 1. The molecular formula is C28H30F4N2OS. The second-order valence-electron chi connectivity index (χ2n) is 8.91. The van der Waals surface area contributed by atoms with Gasteiger partial charge in [-0.3, -0.25) is 9.79 Å². The number of rotatable bonds is 10. The van der Waals surface area contributed by atoms with E-state index in [0.717, 1.165) is 36.3 Å². The van der Waals surface area contributed by atoms with Gasteiger partial charge >= 0.3 is 6.18 Å². The van der Waals surface area contributed by atoms with Crippen molar-refractivity contribution >= 4 is 29.5 Å². The van der Waals surface area contributed by atoms with Gasteiger partial charge in [-0.1, -0.05) is 32.6 Å². The fourth-order valence-corrected chi connectivity index (χ4v) is 4.85. The molecule has 0 saturated heterocycles. The van der Waals surface area contributed by atoms with Crippen LogP contribution in [0.2, 0.25) is 0 Å². The van der Waals surface area contributed by atoms with E-state index in [0.29, 0.717) is 16.8 Å². The van der Waals surface area contributed by atoms with E-state index in [1.54, 1.807) is 36.2 Å². The Kier molecular flexibility index (Phi) is 9.54. The smallest absolute Gasteiger partial charge is 0.350 e. The summed E-state index contributed by atoms with van der Waals surface area (Å²) in [6, 6.07) is 11.0. The molecule has 0 radical (unpaired) electrons. The van der Waals surface area contributed by atoms with Crippen LogP contribution in [0.15, 0.2) is 76.8 Å². The second kappa shape index (κ2) is 12.4. The van der Waals surface area contributed by atoms with E-state index >= 15 is 0 Å². The van der Waals surface area contributed by atoms with Crippen molar-refractivity contribution in [2.75, 3.05) is 6.54 Å². The summed E-state index contributed by atoms with van der Waals surface area (Å²) in [4.78, 5) is 18.3. The maximum Gasteiger partial charge on any atom is 0.416 e. The second-order valence-corrected chi connectivity index (χ2v) is 10.2. The molecule has 1 fully saturated rings. The zero-order chi connectivity index (χ0) is 26.3. The van der Waals surface area contributed by atoms with Crippen molar-refractivity contribution in [1.29, 1.82) is 0 Å². The number of alkyl halides is 3. The minimum Gasteiger partial charge on any atom is -0.350 e. The first-order valence-electron chi connectivity index (χ1n) is 11.9. The predicted molar refractivity (Wildman–Crippen MR) is 138 cm³/mol. The highest BCUT2D eigenvalue weighted by Gasteiger charge is 2.37. The summed E-state index contributed by atoms with van der Waals surface area (Å²) in [5.74, 6) is -0.299. The quantitative estimate of drug-likeness (QED) is 0.200. The number of allylic oxidation sites excluding steroid dienone is 2. The molecule has 8 heteroatoms. The van der Waals surface area contributed by atoms with Crippen molar-refractivity contribution < 1.29 is 22.4 Å². The van der Waals surface area contributed by atoms with Gasteiger partial charge in [0.1, 0.15) is 5.82 Å². The molecule has 36 heavy (non-hydrogen) atoms. The number of hydrogen-bond acceptors (Lipinski definition) is 3. The van der Waals surface area contributed by atoms with Crippen LogP contribution in [0.1, 0.15) is 44.2 Å². The normalized spacial score (nSPS) is 19.1. The van der Waals surface area contributed by atoms with Gasteiger partial charge in [0.05, 0.1) is 23.7 Å². The molecule has 2 aromatic carbocycles. The van der Waals surface area contributed by atoms with Crippen LogP contribution in [0.3, 0.4) is 0 Å². The van der Waals surface area contributed by atoms with Crippen molar-refractivity contribution in [2.24, 2.45) is 16.8 Å². The van der Waals surface area contributed by atoms with Crippen LogP contribution in [-0.4, -0.2) is 23.9 Å². The lowest BCUT2D eigenvalue weighted by Crippen LogP contribution is -2.43. The molecule has 192 valence electrons. The summed E-state index contributed by atoms with van der Waals surface area (Å²) in [7, 11) is 0. The van der Waals surface area contributed by atoms with Crippen LogP contribution in [-0.2, 0) is 11.0 Å². The molecule has 3 rings (SSSR count). The zero-order valence-electron chi connectivity index (χ0n) is 20.3. The molecule has 0 aromatic heterocycles. The van der Waals surface area contributed by atoms with E-state index < -0.39 is 11.7 Å². The van der Waals surface area contributed by atoms with Crippen LogP contribution < -0.4 is 5.32 Å². The molecule has 1 aliphatic carbocycles. The summed E-state index contributed by atoms with van der Waals surface area (Å²) >= 11 is 1.57. The fourth-order valence-electron chi connectivity index (χ4n) is 3.53. The third-order valence-corrected chi connectivity index (χ3v) is 7.57. The average Bonchev–Trinajstić information content (AvgIpc) is 2.83. The largest absolute Gasteiger partial charge is 0.416 e. The van der Waals surface area contributed by atoms with Crippen LogP contribution in [0.5, 0.6) is 0 Å². The van der Waals surface area contributed by atoms with Crippen LogP contribution in [0.25, 0.3) is 5.57 Å². The van der Waals surface area contributed by atoms with Gasteiger partial charge < -0.3 is 5.32 Å². The summed E-state index contributed by atoms with van der Waals surface area (Å²) in [5.41, 5.74) is 0.887. The average molecular weight is 519 g/mol. The lowest BCUT2D eigenvalue weighted by molar-refractivity contribution is -0.137. The van der Waals surface area contributed by atoms with Crippen LogP contribution in [0, 0.1) is 17.7 Å². The molecule has 2 aromatic rings. The Bertz CT molecular complexity index is 1110. The predicted octanol–water partition coefficient (Wildman–Crippen LogP) is 7.55. The van der Waals surface area contributed by atoms with Gasteiger partial charge in [-0.25, -0.2) is 4.39 Å². The highest BCUT2D eigenvalue weighted by molar-refractivity contribution is 8.00. The number of nitrogens with zero attached hydrogens (tertiary/aromatic N) is 1. The third kappa shape index (κ3) is 7.82. The molecule has 0 bridgehead atoms. The first-order chi connectivity index (χ1) is 17.1. The molecule has 0 heterocycles. The van der Waals surface area contributed by atoms with Gasteiger partial charge in [0.25, 0.3) is 0 Å². The number of aliphatic imine (C=N–C) groups is 1. The number of thioether (sulfide) groups is 1. The molecule has 0 spiro atoms. The summed E-state index contributed by atoms with van der Waals surface area (Å²) in [6.45, 7) is 8.22. The Hall–Kier alpha value is -2.87. The zero-order valence-corrected chi connectivity index (χ0v) is 21.1. The Morgan fingerprint density at radius 1 is 1.17 bits per heavy atom. The first kappa shape index (κ1) is 27.7. The summed E-state index contributed by atoms with van der Waals surface area (Å²) in [6.07, 6.45) is 1.66. The van der Waals surface area contributed by atoms with E-state index in [-0.39, 0.29) is 35.4 Å². The van der Waals surface area contributed by atoms with Crippen molar-refractivity contribution in [3.63, 3.8) is 0 Å². The number of halogens is 4. The Morgan fingerprint density at radius 2 is 1.83 bits per heavy atom. The van der Waals surface area contributed by atoms with Crippen molar-refractivity contribution in [1.82, 2.24) is 5.32 Å². The van der Waals surface area contributed by atoms with Crippen molar-refractivity contribution in [3.8, 4) is 0 Å². The molecule has 1 amide bonds. The standard InChI is InChI=1S/C28H30F4N2OS/c1-4-18(2)16-33-23(15-19(3)20-5-7-21(8-6-20)28(30,31)32)17-34-27(35)25-13-14-26(25)36-24-11-9-22(29)10-12-24/h5-12,15-16,18,25-26H,3-4,13-14,17H2,1-2H3,(H,34,35)/b23-15-,33-16?. The molecule has 0 aliphatic heterocycles. The third-order valence-electron chi connectivity index (χ3n) is 6.16. The van der Waals surface area contributed by atoms with Gasteiger partial charge in [-0.05, 0) is 78.8 Å². The van der Waals surface area contributed by atoms with Crippen LogP contribution in [0.4, 0.5) is 17.6 Å². The van der Waals surface area contributed by atoms with Gasteiger partial charge in [-0.2, -0.15) is 13.2 Å². The lowest BCUT2D eigenvalue weighted by atomic mass is 9.84. The van der Waals surface area contributed by atoms with Crippen molar-refractivity contribution in [2.45, 2.75) is 49.4 Å². The maximum absolute atomic E-state index is 13.2. The summed E-state index contributed by atoms with van der Waals surface area (Å²) in [5, 5.41) is 3.07. The molecule has 1 aliphatic rings. The monoisotopic (exact) mass is 518 g/mol.